The van der Waals surface area contributed by atoms with Gasteiger partial charge in [-0.15, -0.1) is 22.7 Å². The molecule has 0 aliphatic carbocycles. The van der Waals surface area contributed by atoms with Gasteiger partial charge in [0.15, 0.2) is 0 Å². The van der Waals surface area contributed by atoms with E-state index >= 15 is 0 Å². The van der Waals surface area contributed by atoms with E-state index in [1.54, 1.807) is 22.7 Å². The van der Waals surface area contributed by atoms with Crippen LogP contribution < -0.4 is 0 Å². The minimum absolute atomic E-state index is 0.120. The second kappa shape index (κ2) is 7.35. The molecule has 4 nitrogen and oxygen atoms in total. The van der Waals surface area contributed by atoms with Gasteiger partial charge in [0.05, 0.1) is 21.2 Å². The van der Waals surface area contributed by atoms with Crippen molar-refractivity contribution in [1.82, 2.24) is 14.8 Å². The number of carbonyl (C=O) groups excluding carboxylic acids is 1. The number of amides is 1. The number of likely N-dealkylation sites (tertiary alicyclic amines) is 2. The number of nitrogens with zero attached hydrogens (tertiary/aromatic N) is 3. The van der Waals surface area contributed by atoms with Crippen LogP contribution >= 0.6 is 34.3 Å². The van der Waals surface area contributed by atoms with Gasteiger partial charge in [-0.2, -0.15) is 0 Å². The predicted molar refractivity (Wildman–Crippen MR) is 104 cm³/mol. The fourth-order valence-electron chi connectivity index (χ4n) is 3.87. The van der Waals surface area contributed by atoms with Crippen molar-refractivity contribution in [2.24, 2.45) is 5.92 Å². The number of thiophene rings is 1. The van der Waals surface area contributed by atoms with Gasteiger partial charge in [-0.3, -0.25) is 4.79 Å². The number of carbonyl (C=O) groups is 1. The molecule has 0 bridgehead atoms. The summed E-state index contributed by atoms with van der Waals surface area (Å²) < 4.78 is 0.779. The summed E-state index contributed by atoms with van der Waals surface area (Å²) in [7, 11) is 1.94. The van der Waals surface area contributed by atoms with Gasteiger partial charge in [0, 0.05) is 24.7 Å². The minimum Gasteiger partial charge on any atom is -0.338 e. The predicted octanol–water partition coefficient (Wildman–Crippen LogP) is 4.53. The summed E-state index contributed by atoms with van der Waals surface area (Å²) in [4.78, 5) is 23.9. The smallest absolute Gasteiger partial charge is 0.227 e. The Labute approximate surface area is 161 Å². The molecule has 0 N–H and O–H groups in total. The average molecular weight is 396 g/mol. The molecule has 2 aromatic heterocycles. The number of rotatable bonds is 4. The molecule has 25 heavy (non-hydrogen) atoms. The molecule has 2 aromatic rings. The lowest BCUT2D eigenvalue weighted by Crippen LogP contribution is -2.36. The average Bonchev–Trinajstić information content (AvgIpc) is 3.32. The molecule has 2 aliphatic rings. The van der Waals surface area contributed by atoms with Gasteiger partial charge in [-0.05, 0) is 44.5 Å². The Bertz CT molecular complexity index is 753. The maximum absolute atomic E-state index is 12.7. The highest BCUT2D eigenvalue weighted by Crippen LogP contribution is 2.41. The second-order valence-corrected chi connectivity index (χ2v) is 9.71. The van der Waals surface area contributed by atoms with Crippen LogP contribution in [-0.2, 0) is 4.79 Å². The van der Waals surface area contributed by atoms with Crippen LogP contribution in [0.25, 0.3) is 9.88 Å². The van der Waals surface area contributed by atoms with Crippen molar-refractivity contribution in [2.45, 2.75) is 31.7 Å². The van der Waals surface area contributed by atoms with Gasteiger partial charge in [0.25, 0.3) is 0 Å². The molecule has 0 spiro atoms. The fourth-order valence-corrected chi connectivity index (χ4v) is 6.04. The van der Waals surface area contributed by atoms with Crippen molar-refractivity contribution in [3.8, 4) is 9.88 Å². The summed E-state index contributed by atoms with van der Waals surface area (Å²) in [6.07, 6.45) is 6.70. The standard InChI is InChI=1S/C18H22ClN3OS2/c1-21-13(9-12(18(21)23)11-22-7-3-2-4-8-22)15-10-20-17(25-15)14-5-6-16(19)24-14/h5-6,10,12-13H,2-4,7-9,11H2,1H3. The van der Waals surface area contributed by atoms with E-state index in [4.69, 9.17) is 11.6 Å². The third kappa shape index (κ3) is 3.63. The van der Waals surface area contributed by atoms with E-state index in [-0.39, 0.29) is 17.9 Å². The third-order valence-corrected chi connectivity index (χ3v) is 7.73. The lowest BCUT2D eigenvalue weighted by atomic mass is 10.0. The molecule has 2 fully saturated rings. The summed E-state index contributed by atoms with van der Waals surface area (Å²) in [5, 5.41) is 0.993. The molecule has 0 aromatic carbocycles. The van der Waals surface area contributed by atoms with Crippen LogP contribution in [0.4, 0.5) is 0 Å². The van der Waals surface area contributed by atoms with E-state index in [0.29, 0.717) is 0 Å². The first-order valence-corrected chi connectivity index (χ1v) is 10.8. The Hall–Kier alpha value is -0.950. The third-order valence-electron chi connectivity index (χ3n) is 5.24. The Morgan fingerprint density at radius 1 is 1.24 bits per heavy atom. The SMILES string of the molecule is CN1C(=O)C(CN2CCCCC2)CC1c1cnc(-c2ccc(Cl)s2)s1. The number of hydrogen-bond donors (Lipinski definition) is 0. The van der Waals surface area contributed by atoms with Crippen LogP contribution in [0.1, 0.15) is 36.6 Å². The van der Waals surface area contributed by atoms with Crippen LogP contribution in [0, 0.1) is 5.92 Å². The second-order valence-electron chi connectivity index (χ2n) is 6.93. The molecule has 2 saturated heterocycles. The van der Waals surface area contributed by atoms with Gasteiger partial charge in [0.2, 0.25) is 5.91 Å². The quantitative estimate of drug-likeness (QED) is 0.763. The molecular formula is C18H22ClN3OS2. The normalized spacial score (nSPS) is 25.0. The molecule has 0 radical (unpaired) electrons. The Kier molecular flexibility index (Phi) is 5.13. The van der Waals surface area contributed by atoms with Gasteiger partial charge in [-0.25, -0.2) is 4.98 Å². The van der Waals surface area contributed by atoms with Crippen molar-refractivity contribution in [3.63, 3.8) is 0 Å². The van der Waals surface area contributed by atoms with E-state index < -0.39 is 0 Å². The zero-order valence-electron chi connectivity index (χ0n) is 14.3. The number of hydrogen-bond acceptors (Lipinski definition) is 5. The summed E-state index contributed by atoms with van der Waals surface area (Å²) in [5.41, 5.74) is 0. The summed E-state index contributed by atoms with van der Waals surface area (Å²) in [6.45, 7) is 3.19. The number of aromatic nitrogens is 1. The topological polar surface area (TPSA) is 36.4 Å². The maximum Gasteiger partial charge on any atom is 0.227 e. The monoisotopic (exact) mass is 395 g/mol. The van der Waals surface area contributed by atoms with Crippen molar-refractivity contribution in [1.29, 1.82) is 0 Å². The Morgan fingerprint density at radius 3 is 2.76 bits per heavy atom. The van der Waals surface area contributed by atoms with Crippen molar-refractivity contribution < 1.29 is 4.79 Å². The largest absolute Gasteiger partial charge is 0.338 e. The van der Waals surface area contributed by atoms with Crippen LogP contribution in [0.3, 0.4) is 0 Å². The lowest BCUT2D eigenvalue weighted by molar-refractivity contribution is -0.131. The van der Waals surface area contributed by atoms with E-state index in [2.05, 4.69) is 9.88 Å². The molecule has 1 amide bonds. The molecule has 7 heteroatoms. The first-order valence-electron chi connectivity index (χ1n) is 8.82. The molecule has 2 atom stereocenters. The number of thiazole rings is 1. The van der Waals surface area contributed by atoms with Gasteiger partial charge in [0.1, 0.15) is 5.01 Å². The highest BCUT2D eigenvalue weighted by atomic mass is 35.5. The molecular weight excluding hydrogens is 374 g/mol. The first kappa shape index (κ1) is 17.5. The van der Waals surface area contributed by atoms with Crippen molar-refractivity contribution in [2.75, 3.05) is 26.7 Å². The Morgan fingerprint density at radius 2 is 2.04 bits per heavy atom. The van der Waals surface area contributed by atoms with Crippen LogP contribution in [0.5, 0.6) is 0 Å². The summed E-state index contributed by atoms with van der Waals surface area (Å²) in [5.74, 6) is 0.402. The van der Waals surface area contributed by atoms with E-state index in [0.717, 1.165) is 40.3 Å². The maximum atomic E-state index is 12.7. The minimum atomic E-state index is 0.120. The van der Waals surface area contributed by atoms with E-state index in [1.165, 1.54) is 24.1 Å². The zero-order chi connectivity index (χ0) is 17.4. The number of piperidine rings is 1. The molecule has 4 rings (SSSR count). The van der Waals surface area contributed by atoms with Crippen molar-refractivity contribution in [3.05, 3.63) is 27.5 Å². The molecule has 2 aliphatic heterocycles. The van der Waals surface area contributed by atoms with E-state index in [9.17, 15) is 4.79 Å². The lowest BCUT2D eigenvalue weighted by Gasteiger charge is -2.28. The van der Waals surface area contributed by atoms with Gasteiger partial charge in [-0.1, -0.05) is 18.0 Å². The molecule has 0 saturated carbocycles. The van der Waals surface area contributed by atoms with E-state index in [1.807, 2.05) is 30.3 Å². The van der Waals surface area contributed by atoms with Crippen LogP contribution in [0.2, 0.25) is 4.34 Å². The van der Waals surface area contributed by atoms with Gasteiger partial charge >= 0.3 is 0 Å². The fraction of sp³-hybridized carbons (Fsp3) is 0.556. The summed E-state index contributed by atoms with van der Waals surface area (Å²) >= 11 is 9.27. The van der Waals surface area contributed by atoms with Gasteiger partial charge < -0.3 is 9.80 Å². The highest BCUT2D eigenvalue weighted by molar-refractivity contribution is 7.23. The summed E-state index contributed by atoms with van der Waals surface area (Å²) in [6, 6.07) is 4.07. The first-order chi connectivity index (χ1) is 12.1. The Balaban J connectivity index is 1.47. The number of halogens is 1. The molecule has 134 valence electrons. The zero-order valence-corrected chi connectivity index (χ0v) is 16.7. The van der Waals surface area contributed by atoms with Crippen molar-refractivity contribution >= 4 is 40.2 Å². The highest BCUT2D eigenvalue weighted by Gasteiger charge is 2.39. The molecule has 2 unspecified atom stereocenters. The molecule has 4 heterocycles. The van der Waals surface area contributed by atoms with Crippen LogP contribution in [-0.4, -0.2) is 47.4 Å². The van der Waals surface area contributed by atoms with Crippen LogP contribution in [0.15, 0.2) is 18.3 Å².